The summed E-state index contributed by atoms with van der Waals surface area (Å²) in [5.41, 5.74) is 10.5. The fourth-order valence-corrected chi connectivity index (χ4v) is 2.61. The number of rotatable bonds is 11. The number of nitrogens with one attached hydrogen (secondary N) is 3. The van der Waals surface area contributed by atoms with Gasteiger partial charge in [0.15, 0.2) is 0 Å². The maximum atomic E-state index is 12.3. The van der Waals surface area contributed by atoms with Crippen LogP contribution in [0.1, 0.15) is 38.5 Å². The van der Waals surface area contributed by atoms with Crippen LogP contribution >= 0.6 is 0 Å². The maximum absolute atomic E-state index is 12.3. The first-order valence-electron chi connectivity index (χ1n) is 8.40. The van der Waals surface area contributed by atoms with Gasteiger partial charge in [-0.2, -0.15) is 0 Å². The summed E-state index contributed by atoms with van der Waals surface area (Å²) in [5.74, 6) is -3.11. The van der Waals surface area contributed by atoms with Crippen LogP contribution in [-0.4, -0.2) is 60.0 Å². The summed E-state index contributed by atoms with van der Waals surface area (Å²) in [6, 6.07) is -2.75. The minimum Gasteiger partial charge on any atom is -0.480 e. The predicted octanol–water partition coefficient (Wildman–Crippen LogP) is -2.20. The molecule has 1 saturated heterocycles. The lowest BCUT2D eigenvalue weighted by atomic mass is 10.1. The first-order valence-corrected chi connectivity index (χ1v) is 8.40. The Morgan fingerprint density at radius 1 is 1.16 bits per heavy atom. The molecule has 25 heavy (non-hydrogen) atoms. The fraction of sp³-hybridized carbons (Fsp3) is 0.733. The number of carboxylic acid groups (broad SMARTS) is 1. The van der Waals surface area contributed by atoms with Gasteiger partial charge in [-0.05, 0) is 45.2 Å². The average molecular weight is 357 g/mol. The zero-order chi connectivity index (χ0) is 18.8. The van der Waals surface area contributed by atoms with Crippen LogP contribution in [0, 0.1) is 0 Å². The number of unbranched alkanes of at least 4 members (excludes halogenated alkanes) is 1. The molecule has 0 saturated carbocycles. The van der Waals surface area contributed by atoms with Crippen molar-refractivity contribution < 1.29 is 24.3 Å². The van der Waals surface area contributed by atoms with Gasteiger partial charge in [0.25, 0.3) is 0 Å². The molecule has 0 radical (unpaired) electrons. The highest BCUT2D eigenvalue weighted by Gasteiger charge is 2.30. The van der Waals surface area contributed by atoms with Crippen LogP contribution in [0.15, 0.2) is 0 Å². The Morgan fingerprint density at radius 2 is 1.88 bits per heavy atom. The first kappa shape index (κ1) is 20.8. The minimum absolute atomic E-state index is 0.208. The number of carbonyl (C=O) groups is 4. The van der Waals surface area contributed by atoms with Gasteiger partial charge in [-0.15, -0.1) is 0 Å². The van der Waals surface area contributed by atoms with E-state index in [1.54, 1.807) is 0 Å². The average Bonchev–Trinajstić information content (AvgIpc) is 3.07. The van der Waals surface area contributed by atoms with E-state index in [-0.39, 0.29) is 6.42 Å². The zero-order valence-corrected chi connectivity index (χ0v) is 14.1. The number of hydrogen-bond acceptors (Lipinski definition) is 6. The summed E-state index contributed by atoms with van der Waals surface area (Å²) in [4.78, 5) is 46.9. The van der Waals surface area contributed by atoms with Gasteiger partial charge >= 0.3 is 5.97 Å². The van der Waals surface area contributed by atoms with Gasteiger partial charge in [0, 0.05) is 0 Å². The molecule has 0 aliphatic carbocycles. The Hall–Kier alpha value is -2.20. The van der Waals surface area contributed by atoms with E-state index in [0.29, 0.717) is 32.4 Å². The molecule has 8 N–H and O–H groups in total. The van der Waals surface area contributed by atoms with Crippen LogP contribution in [0.25, 0.3) is 0 Å². The van der Waals surface area contributed by atoms with E-state index < -0.39 is 48.2 Å². The first-order chi connectivity index (χ1) is 11.8. The second kappa shape index (κ2) is 10.6. The fourth-order valence-electron chi connectivity index (χ4n) is 2.61. The molecule has 10 heteroatoms. The third kappa shape index (κ3) is 7.48. The maximum Gasteiger partial charge on any atom is 0.326 e. The van der Waals surface area contributed by atoms with E-state index in [0.717, 1.165) is 6.42 Å². The molecule has 10 nitrogen and oxygen atoms in total. The SMILES string of the molecule is NCCCCC(NC(=O)C(CC(N)=O)NC(=O)C1CCCN1)C(=O)O. The molecule has 142 valence electrons. The van der Waals surface area contributed by atoms with Gasteiger partial charge in [0.2, 0.25) is 17.7 Å². The van der Waals surface area contributed by atoms with Crippen molar-refractivity contribution in [2.75, 3.05) is 13.1 Å². The molecule has 1 rings (SSSR count). The lowest BCUT2D eigenvalue weighted by Crippen LogP contribution is -2.55. The van der Waals surface area contributed by atoms with E-state index in [1.807, 2.05) is 0 Å². The molecule has 3 amide bonds. The highest BCUT2D eigenvalue weighted by atomic mass is 16.4. The highest BCUT2D eigenvalue weighted by molar-refractivity contribution is 5.94. The standard InChI is InChI=1S/C15H27N5O5/c16-6-2-1-4-10(15(24)25)19-14(23)11(8-12(17)21)20-13(22)9-5-3-7-18-9/h9-11,18H,1-8,16H2,(H2,17,21)(H,19,23)(H,20,22)(H,24,25). The number of amides is 3. The van der Waals surface area contributed by atoms with E-state index in [1.165, 1.54) is 0 Å². The summed E-state index contributed by atoms with van der Waals surface area (Å²) in [6.45, 7) is 1.13. The topological polar surface area (TPSA) is 177 Å². The third-order valence-corrected chi connectivity index (χ3v) is 3.98. The van der Waals surface area contributed by atoms with Crippen LogP contribution in [0.4, 0.5) is 0 Å². The van der Waals surface area contributed by atoms with Crippen LogP contribution < -0.4 is 27.4 Å². The van der Waals surface area contributed by atoms with Crippen molar-refractivity contribution in [2.45, 2.75) is 56.7 Å². The smallest absolute Gasteiger partial charge is 0.326 e. The van der Waals surface area contributed by atoms with E-state index >= 15 is 0 Å². The molecule has 3 unspecified atom stereocenters. The highest BCUT2D eigenvalue weighted by Crippen LogP contribution is 2.07. The van der Waals surface area contributed by atoms with Gasteiger partial charge in [-0.25, -0.2) is 4.79 Å². The minimum atomic E-state index is -1.20. The van der Waals surface area contributed by atoms with Crippen LogP contribution in [0.5, 0.6) is 0 Å². The number of primary amides is 1. The Balaban J connectivity index is 2.68. The van der Waals surface area contributed by atoms with Gasteiger partial charge < -0.3 is 32.5 Å². The largest absolute Gasteiger partial charge is 0.480 e. The van der Waals surface area contributed by atoms with E-state index in [2.05, 4.69) is 16.0 Å². The zero-order valence-electron chi connectivity index (χ0n) is 14.1. The molecule has 3 atom stereocenters. The normalized spacial score (nSPS) is 19.0. The van der Waals surface area contributed by atoms with Crippen molar-refractivity contribution in [1.29, 1.82) is 0 Å². The molecule has 0 spiro atoms. The Labute approximate surface area is 146 Å². The molecule has 0 bridgehead atoms. The molecule has 1 aliphatic rings. The lowest BCUT2D eigenvalue weighted by molar-refractivity contribution is -0.142. The number of hydrogen-bond donors (Lipinski definition) is 6. The number of aliphatic carboxylic acids is 1. The van der Waals surface area contributed by atoms with Crippen molar-refractivity contribution in [1.82, 2.24) is 16.0 Å². The van der Waals surface area contributed by atoms with Gasteiger partial charge in [-0.3, -0.25) is 14.4 Å². The van der Waals surface area contributed by atoms with E-state index in [9.17, 15) is 24.3 Å². The molecular weight excluding hydrogens is 330 g/mol. The quantitative estimate of drug-likeness (QED) is 0.227. The molecule has 0 aromatic rings. The van der Waals surface area contributed by atoms with Crippen molar-refractivity contribution in [3.8, 4) is 0 Å². The molecular formula is C15H27N5O5. The second-order valence-corrected chi connectivity index (χ2v) is 6.06. The van der Waals surface area contributed by atoms with Gasteiger partial charge in [0.05, 0.1) is 12.5 Å². The molecule has 1 fully saturated rings. The summed E-state index contributed by atoms with van der Waals surface area (Å²) < 4.78 is 0. The molecule has 0 aromatic heterocycles. The Bertz CT molecular complexity index is 493. The number of nitrogens with two attached hydrogens (primary N) is 2. The van der Waals surface area contributed by atoms with Crippen LogP contribution in [0.3, 0.4) is 0 Å². The summed E-state index contributed by atoms with van der Waals surface area (Å²) in [7, 11) is 0. The van der Waals surface area contributed by atoms with Crippen molar-refractivity contribution in [3.05, 3.63) is 0 Å². The number of carbonyl (C=O) groups excluding carboxylic acids is 3. The Morgan fingerprint density at radius 3 is 2.40 bits per heavy atom. The molecule has 0 aromatic carbocycles. The predicted molar refractivity (Wildman–Crippen MR) is 89.2 cm³/mol. The second-order valence-electron chi connectivity index (χ2n) is 6.06. The van der Waals surface area contributed by atoms with Crippen molar-refractivity contribution >= 4 is 23.7 Å². The van der Waals surface area contributed by atoms with Crippen molar-refractivity contribution in [2.24, 2.45) is 11.5 Å². The summed E-state index contributed by atoms with van der Waals surface area (Å²) in [5, 5.41) is 17.0. The molecule has 1 aliphatic heterocycles. The van der Waals surface area contributed by atoms with Crippen LogP contribution in [0.2, 0.25) is 0 Å². The van der Waals surface area contributed by atoms with Gasteiger partial charge in [0.1, 0.15) is 12.1 Å². The summed E-state index contributed by atoms with van der Waals surface area (Å²) >= 11 is 0. The third-order valence-electron chi connectivity index (χ3n) is 3.98. The molecule has 1 heterocycles. The van der Waals surface area contributed by atoms with E-state index in [4.69, 9.17) is 11.5 Å². The van der Waals surface area contributed by atoms with Crippen LogP contribution in [-0.2, 0) is 19.2 Å². The van der Waals surface area contributed by atoms with Gasteiger partial charge in [-0.1, -0.05) is 0 Å². The monoisotopic (exact) mass is 357 g/mol. The van der Waals surface area contributed by atoms with Crippen molar-refractivity contribution in [3.63, 3.8) is 0 Å². The summed E-state index contributed by atoms with van der Waals surface area (Å²) in [6.07, 6.45) is 2.45. The Kier molecular flexibility index (Phi) is 8.86. The lowest BCUT2D eigenvalue weighted by Gasteiger charge is -2.22. The number of carboxylic acids is 1.